The molecule has 43 heavy (non-hydrogen) atoms. The number of esters is 1. The average molecular weight is 584 g/mol. The first-order chi connectivity index (χ1) is 20.5. The fourth-order valence-electron chi connectivity index (χ4n) is 6.20. The van der Waals surface area contributed by atoms with Crippen LogP contribution in [-0.4, -0.2) is 50.3 Å². The van der Waals surface area contributed by atoms with Crippen LogP contribution in [0.25, 0.3) is 10.9 Å². The molecular formula is C34H41N5O4. The number of carbonyl (C=O) groups is 1. The third kappa shape index (κ3) is 5.83. The topological polar surface area (TPSA) is 116 Å². The van der Waals surface area contributed by atoms with Crippen LogP contribution in [0.4, 0.5) is 11.4 Å². The highest BCUT2D eigenvalue weighted by Crippen LogP contribution is 2.46. The van der Waals surface area contributed by atoms with Gasteiger partial charge in [-0.05, 0) is 67.8 Å². The van der Waals surface area contributed by atoms with Crippen molar-refractivity contribution >= 4 is 28.2 Å². The second kappa shape index (κ2) is 12.1. The number of hydrogen-bond acceptors (Lipinski definition) is 9. The summed E-state index contributed by atoms with van der Waals surface area (Å²) in [6, 6.07) is 18.2. The zero-order valence-electron chi connectivity index (χ0n) is 25.8. The van der Waals surface area contributed by atoms with E-state index in [1.54, 1.807) is 14.2 Å². The van der Waals surface area contributed by atoms with E-state index in [1.807, 2.05) is 63.4 Å². The molecule has 226 valence electrons. The molecule has 0 saturated heterocycles. The number of hydrazine groups is 1. The summed E-state index contributed by atoms with van der Waals surface area (Å²) in [6.07, 6.45) is 1.81. The Morgan fingerprint density at radius 1 is 1.16 bits per heavy atom. The molecule has 1 aromatic heterocycles. The molecule has 5 rings (SSSR count). The van der Waals surface area contributed by atoms with Gasteiger partial charge in [-0.1, -0.05) is 24.3 Å². The number of rotatable bonds is 8. The van der Waals surface area contributed by atoms with Crippen molar-refractivity contribution in [3.63, 3.8) is 0 Å². The molecule has 0 saturated carbocycles. The van der Waals surface area contributed by atoms with Crippen molar-refractivity contribution in [3.05, 3.63) is 88.6 Å². The Morgan fingerprint density at radius 2 is 1.95 bits per heavy atom. The van der Waals surface area contributed by atoms with E-state index in [0.717, 1.165) is 62.5 Å². The van der Waals surface area contributed by atoms with Crippen molar-refractivity contribution in [1.82, 2.24) is 9.88 Å². The van der Waals surface area contributed by atoms with Crippen molar-refractivity contribution in [1.29, 1.82) is 0 Å². The van der Waals surface area contributed by atoms with E-state index in [9.17, 15) is 4.79 Å². The molecule has 9 nitrogen and oxygen atoms in total. The predicted octanol–water partition coefficient (Wildman–Crippen LogP) is 5.17. The predicted molar refractivity (Wildman–Crippen MR) is 170 cm³/mol. The smallest absolute Gasteiger partial charge is 0.312 e. The van der Waals surface area contributed by atoms with Gasteiger partial charge in [-0.2, -0.15) is 0 Å². The van der Waals surface area contributed by atoms with Gasteiger partial charge < -0.3 is 25.0 Å². The number of anilines is 2. The maximum Gasteiger partial charge on any atom is 0.312 e. The molecule has 0 aliphatic carbocycles. The number of ether oxygens (including phenoxy) is 3. The van der Waals surface area contributed by atoms with Gasteiger partial charge in [0.15, 0.2) is 0 Å². The number of hydrogen-bond donors (Lipinski definition) is 2. The summed E-state index contributed by atoms with van der Waals surface area (Å²) in [5.41, 5.74) is 12.8. The van der Waals surface area contributed by atoms with Gasteiger partial charge in [0.25, 0.3) is 0 Å². The maximum atomic E-state index is 13.2. The molecule has 1 atom stereocenters. The van der Waals surface area contributed by atoms with Crippen molar-refractivity contribution < 1.29 is 19.0 Å². The number of nitrogens with two attached hydrogens (primary N) is 2. The number of nitrogens with zero attached hydrogens (tertiary/aromatic N) is 3. The van der Waals surface area contributed by atoms with Gasteiger partial charge in [-0.3, -0.25) is 14.7 Å². The number of benzene rings is 3. The first-order valence-corrected chi connectivity index (χ1v) is 14.4. The Labute approximate surface area is 253 Å². The molecular weight excluding hydrogens is 542 g/mol. The quantitative estimate of drug-likeness (QED) is 0.125. The maximum absolute atomic E-state index is 13.2. The minimum Gasteiger partial charge on any atom is -0.496 e. The van der Waals surface area contributed by atoms with E-state index in [2.05, 4.69) is 28.1 Å². The molecule has 0 radical (unpaired) electrons. The summed E-state index contributed by atoms with van der Waals surface area (Å²) in [4.78, 5) is 20.1. The number of fused-ring (bicyclic) bond motifs is 2. The highest BCUT2D eigenvalue weighted by atomic mass is 16.5. The van der Waals surface area contributed by atoms with Crippen molar-refractivity contribution in [2.24, 2.45) is 11.3 Å². The van der Waals surface area contributed by atoms with E-state index >= 15 is 0 Å². The first kappa shape index (κ1) is 30.1. The van der Waals surface area contributed by atoms with Gasteiger partial charge in [0, 0.05) is 55.3 Å². The Kier molecular flexibility index (Phi) is 8.48. The first-order valence-electron chi connectivity index (χ1n) is 14.4. The lowest BCUT2D eigenvalue weighted by Crippen LogP contribution is -2.34. The minimum absolute atomic E-state index is 0.310. The summed E-state index contributed by atoms with van der Waals surface area (Å²) < 4.78 is 17.3. The summed E-state index contributed by atoms with van der Waals surface area (Å²) in [6.45, 7) is 8.43. The van der Waals surface area contributed by atoms with Crippen LogP contribution in [0.5, 0.6) is 11.5 Å². The molecule has 0 amide bonds. The molecule has 1 unspecified atom stereocenters. The fraction of sp³-hybridized carbons (Fsp3) is 0.353. The molecule has 9 heteroatoms. The third-order valence-corrected chi connectivity index (χ3v) is 8.53. The Bertz CT molecular complexity index is 1650. The van der Waals surface area contributed by atoms with Gasteiger partial charge >= 0.3 is 5.97 Å². The van der Waals surface area contributed by atoms with E-state index in [1.165, 1.54) is 12.1 Å². The second-order valence-corrected chi connectivity index (χ2v) is 11.8. The summed E-state index contributed by atoms with van der Waals surface area (Å²) >= 11 is 0. The van der Waals surface area contributed by atoms with Gasteiger partial charge in [0.1, 0.15) is 18.1 Å². The largest absolute Gasteiger partial charge is 0.496 e. The highest BCUT2D eigenvalue weighted by molar-refractivity contribution is 5.81. The van der Waals surface area contributed by atoms with Gasteiger partial charge in [-0.15, -0.1) is 0 Å². The Balaban J connectivity index is 1.55. The highest BCUT2D eigenvalue weighted by Gasteiger charge is 2.41. The lowest BCUT2D eigenvalue weighted by Gasteiger charge is -2.35. The van der Waals surface area contributed by atoms with Gasteiger partial charge in [0.2, 0.25) is 0 Å². The van der Waals surface area contributed by atoms with Crippen LogP contribution < -0.4 is 26.1 Å². The summed E-state index contributed by atoms with van der Waals surface area (Å²) in [5, 5.41) is 2.56. The standard InChI is InChI=1S/C34H41N5O4/c1-21-26(10-11-28(32(21)35)38(4)36)31(34(2,3)33(40)42-6)23-9-12-29(41-5)24(16-23)19-39-14-15-43-30-18-22-8-7-13-37-27(22)17-25(30)20-39/h7-13,16-18,31H,14-15,19-20,35-36H2,1-6H3. The summed E-state index contributed by atoms with van der Waals surface area (Å²) in [7, 11) is 4.86. The van der Waals surface area contributed by atoms with Crippen LogP contribution in [0.15, 0.2) is 60.8 Å². The summed E-state index contributed by atoms with van der Waals surface area (Å²) in [5.74, 6) is 7.04. The lowest BCUT2D eigenvalue weighted by molar-refractivity contribution is -0.151. The van der Waals surface area contributed by atoms with E-state index in [4.69, 9.17) is 25.8 Å². The third-order valence-electron chi connectivity index (χ3n) is 8.53. The molecule has 4 N–H and O–H groups in total. The van der Waals surface area contributed by atoms with E-state index in [-0.39, 0.29) is 11.9 Å². The van der Waals surface area contributed by atoms with Gasteiger partial charge in [0.05, 0.1) is 36.5 Å². The molecule has 0 fully saturated rings. The molecule has 3 aromatic carbocycles. The Hall–Kier alpha value is -4.34. The lowest BCUT2D eigenvalue weighted by atomic mass is 9.69. The zero-order chi connectivity index (χ0) is 30.9. The number of nitrogen functional groups attached to an aromatic ring is 1. The van der Waals surface area contributed by atoms with Gasteiger partial charge in [-0.25, -0.2) is 5.84 Å². The van der Waals surface area contributed by atoms with Crippen LogP contribution in [0.3, 0.4) is 0 Å². The molecule has 0 bridgehead atoms. The van der Waals surface area contributed by atoms with Crippen LogP contribution >= 0.6 is 0 Å². The monoisotopic (exact) mass is 583 g/mol. The van der Waals surface area contributed by atoms with Crippen LogP contribution in [-0.2, 0) is 22.6 Å². The fourth-order valence-corrected chi connectivity index (χ4v) is 6.20. The van der Waals surface area contributed by atoms with Crippen molar-refractivity contribution in [2.75, 3.05) is 45.2 Å². The van der Waals surface area contributed by atoms with Crippen molar-refractivity contribution in [3.8, 4) is 11.5 Å². The second-order valence-electron chi connectivity index (χ2n) is 11.8. The van der Waals surface area contributed by atoms with E-state index < -0.39 is 5.41 Å². The van der Waals surface area contributed by atoms with Crippen molar-refractivity contribution in [2.45, 2.75) is 39.8 Å². The average Bonchev–Trinajstić information content (AvgIpc) is 3.18. The molecule has 0 spiro atoms. The van der Waals surface area contributed by atoms with Crippen LogP contribution in [0.1, 0.15) is 47.6 Å². The van der Waals surface area contributed by atoms with E-state index in [0.29, 0.717) is 25.4 Å². The zero-order valence-corrected chi connectivity index (χ0v) is 25.8. The number of methoxy groups -OCH3 is 2. The molecule has 4 aromatic rings. The minimum atomic E-state index is -0.905. The van der Waals surface area contributed by atoms with Crippen LogP contribution in [0, 0.1) is 12.3 Å². The van der Waals surface area contributed by atoms with Crippen LogP contribution in [0.2, 0.25) is 0 Å². The number of aromatic nitrogens is 1. The molecule has 2 heterocycles. The molecule has 1 aliphatic heterocycles. The normalized spacial score (nSPS) is 14.4. The number of pyridine rings is 1. The SMILES string of the molecule is COC(=O)C(C)(C)C(c1ccc(OC)c(CN2CCOc3cc4cccnc4cc3C2)c1)c1ccc(N(C)N)c(N)c1C. The number of carbonyl (C=O) groups excluding carboxylic acids is 1. The Morgan fingerprint density at radius 3 is 2.67 bits per heavy atom. The molecule has 1 aliphatic rings.